The number of aromatic nitrogens is 1. The van der Waals surface area contributed by atoms with Crippen molar-refractivity contribution in [3.63, 3.8) is 0 Å². The minimum atomic E-state index is 0.0777. The highest BCUT2D eigenvalue weighted by atomic mass is 16.3. The first-order valence-corrected chi connectivity index (χ1v) is 7.14. The normalized spacial score (nSPS) is 19.5. The van der Waals surface area contributed by atoms with Crippen molar-refractivity contribution in [2.24, 2.45) is 13.0 Å². The van der Waals surface area contributed by atoms with Gasteiger partial charge in [0.1, 0.15) is 0 Å². The van der Waals surface area contributed by atoms with Crippen LogP contribution in [0.25, 0.3) is 10.9 Å². The Morgan fingerprint density at radius 2 is 2.25 bits per heavy atom. The van der Waals surface area contributed by atoms with Crippen LogP contribution in [0.15, 0.2) is 30.5 Å². The van der Waals surface area contributed by atoms with Gasteiger partial charge in [0, 0.05) is 49.4 Å². The van der Waals surface area contributed by atoms with Crippen LogP contribution < -0.4 is 0 Å². The van der Waals surface area contributed by atoms with E-state index in [0.29, 0.717) is 6.54 Å². The molecule has 4 heteroatoms. The zero-order valence-electron chi connectivity index (χ0n) is 11.7. The monoisotopic (exact) mass is 272 g/mol. The van der Waals surface area contributed by atoms with Gasteiger partial charge >= 0.3 is 0 Å². The Kier molecular flexibility index (Phi) is 3.49. The van der Waals surface area contributed by atoms with Gasteiger partial charge in [-0.25, -0.2) is 0 Å². The molecular formula is C16H20N2O2. The number of benzene rings is 1. The molecule has 1 aliphatic heterocycles. The number of carbonyl (C=O) groups excluding carboxylic acids is 1. The lowest BCUT2D eigenvalue weighted by atomic mass is 9.98. The van der Waals surface area contributed by atoms with Crippen molar-refractivity contribution in [2.45, 2.75) is 12.8 Å². The Morgan fingerprint density at radius 1 is 1.40 bits per heavy atom. The number of aliphatic hydroxyl groups is 1. The zero-order valence-corrected chi connectivity index (χ0v) is 11.7. The molecule has 3 rings (SSSR count). The number of aliphatic hydroxyl groups excluding tert-OH is 1. The van der Waals surface area contributed by atoms with E-state index in [1.165, 1.54) is 0 Å². The van der Waals surface area contributed by atoms with Crippen LogP contribution in [0.5, 0.6) is 0 Å². The van der Waals surface area contributed by atoms with Crippen molar-refractivity contribution in [1.82, 2.24) is 9.47 Å². The van der Waals surface area contributed by atoms with Gasteiger partial charge in [-0.2, -0.15) is 0 Å². The molecule has 1 aromatic heterocycles. The maximum atomic E-state index is 12.5. The highest BCUT2D eigenvalue weighted by Gasteiger charge is 2.24. The summed E-state index contributed by atoms with van der Waals surface area (Å²) in [5, 5.41) is 10.4. The summed E-state index contributed by atoms with van der Waals surface area (Å²) >= 11 is 0. The minimum absolute atomic E-state index is 0.0777. The Morgan fingerprint density at radius 3 is 3.05 bits per heavy atom. The molecule has 106 valence electrons. The van der Waals surface area contributed by atoms with Crippen molar-refractivity contribution < 1.29 is 9.90 Å². The summed E-state index contributed by atoms with van der Waals surface area (Å²) in [7, 11) is 2.00. The summed E-state index contributed by atoms with van der Waals surface area (Å²) in [6, 6.07) is 7.88. The van der Waals surface area contributed by atoms with E-state index in [4.69, 9.17) is 0 Å². The predicted molar refractivity (Wildman–Crippen MR) is 78.6 cm³/mol. The number of fused-ring (bicyclic) bond motifs is 1. The van der Waals surface area contributed by atoms with Crippen molar-refractivity contribution in [2.75, 3.05) is 19.7 Å². The smallest absolute Gasteiger partial charge is 0.253 e. The van der Waals surface area contributed by atoms with Crippen molar-refractivity contribution in [1.29, 1.82) is 0 Å². The van der Waals surface area contributed by atoms with Crippen LogP contribution in [0.2, 0.25) is 0 Å². The van der Waals surface area contributed by atoms with E-state index >= 15 is 0 Å². The molecule has 4 nitrogen and oxygen atoms in total. The fourth-order valence-electron chi connectivity index (χ4n) is 3.00. The molecule has 20 heavy (non-hydrogen) atoms. The number of amides is 1. The number of carbonyl (C=O) groups is 1. The number of nitrogens with zero attached hydrogens (tertiary/aromatic N) is 2. The largest absolute Gasteiger partial charge is 0.396 e. The summed E-state index contributed by atoms with van der Waals surface area (Å²) in [5.74, 6) is 0.307. The third kappa shape index (κ3) is 2.31. The average molecular weight is 272 g/mol. The molecule has 1 aliphatic rings. The van der Waals surface area contributed by atoms with E-state index in [1.54, 1.807) is 0 Å². The molecule has 1 N–H and O–H groups in total. The lowest BCUT2D eigenvalue weighted by Gasteiger charge is -2.31. The molecule has 1 atom stereocenters. The van der Waals surface area contributed by atoms with Gasteiger partial charge in [0.2, 0.25) is 0 Å². The fourth-order valence-corrected chi connectivity index (χ4v) is 3.00. The van der Waals surface area contributed by atoms with Crippen molar-refractivity contribution in [3.8, 4) is 0 Å². The van der Waals surface area contributed by atoms with Crippen LogP contribution in [0.4, 0.5) is 0 Å². The molecule has 1 amide bonds. The van der Waals surface area contributed by atoms with Gasteiger partial charge in [-0.1, -0.05) is 0 Å². The SMILES string of the molecule is Cn1ccc2cc(C(=O)N3CCCC(CO)C3)ccc21. The quantitative estimate of drug-likeness (QED) is 0.909. The molecule has 2 aromatic rings. The van der Waals surface area contributed by atoms with Crippen LogP contribution >= 0.6 is 0 Å². The van der Waals surface area contributed by atoms with Gasteiger partial charge < -0.3 is 14.6 Å². The van der Waals surface area contributed by atoms with Gasteiger partial charge in [0.25, 0.3) is 5.91 Å². The van der Waals surface area contributed by atoms with Gasteiger partial charge in [-0.15, -0.1) is 0 Å². The Labute approximate surface area is 118 Å². The van der Waals surface area contributed by atoms with Crippen LogP contribution in [-0.2, 0) is 7.05 Å². The third-order valence-corrected chi connectivity index (χ3v) is 4.20. The third-order valence-electron chi connectivity index (χ3n) is 4.20. The second-order valence-corrected chi connectivity index (χ2v) is 5.64. The molecular weight excluding hydrogens is 252 g/mol. The van der Waals surface area contributed by atoms with Crippen LogP contribution in [-0.4, -0.2) is 40.2 Å². The Bertz CT molecular complexity index is 632. The maximum Gasteiger partial charge on any atom is 0.253 e. The Hall–Kier alpha value is -1.81. The molecule has 0 spiro atoms. The van der Waals surface area contributed by atoms with Gasteiger partial charge in [-0.05, 0) is 43.0 Å². The number of piperidine rings is 1. The van der Waals surface area contributed by atoms with Crippen molar-refractivity contribution >= 4 is 16.8 Å². The lowest BCUT2D eigenvalue weighted by Crippen LogP contribution is -2.40. The van der Waals surface area contributed by atoms with Crippen LogP contribution in [0.3, 0.4) is 0 Å². The van der Waals surface area contributed by atoms with E-state index < -0.39 is 0 Å². The molecule has 0 aliphatic carbocycles. The second kappa shape index (κ2) is 5.29. The first kappa shape index (κ1) is 13.2. The second-order valence-electron chi connectivity index (χ2n) is 5.64. The topological polar surface area (TPSA) is 45.5 Å². The number of rotatable bonds is 2. The molecule has 0 radical (unpaired) electrons. The molecule has 2 heterocycles. The van der Waals surface area contributed by atoms with Crippen LogP contribution in [0.1, 0.15) is 23.2 Å². The standard InChI is InChI=1S/C16H20N2O2/c1-17-8-6-13-9-14(4-5-15(13)17)16(20)18-7-2-3-12(10-18)11-19/h4-6,8-9,12,19H,2-3,7,10-11H2,1H3. The zero-order chi connectivity index (χ0) is 14.1. The minimum Gasteiger partial charge on any atom is -0.396 e. The number of hydrogen-bond acceptors (Lipinski definition) is 2. The number of hydrogen-bond donors (Lipinski definition) is 1. The molecule has 0 saturated carbocycles. The van der Waals surface area contributed by atoms with Gasteiger partial charge in [0.05, 0.1) is 0 Å². The van der Waals surface area contributed by atoms with E-state index in [1.807, 2.05) is 47.0 Å². The molecule has 1 aromatic carbocycles. The van der Waals surface area contributed by atoms with E-state index in [0.717, 1.165) is 35.9 Å². The summed E-state index contributed by atoms with van der Waals surface area (Å²) in [6.45, 7) is 1.63. The summed E-state index contributed by atoms with van der Waals surface area (Å²) in [5.41, 5.74) is 1.87. The van der Waals surface area contributed by atoms with Gasteiger partial charge in [-0.3, -0.25) is 4.79 Å². The maximum absolute atomic E-state index is 12.5. The van der Waals surface area contributed by atoms with E-state index in [2.05, 4.69) is 0 Å². The average Bonchev–Trinajstić information content (AvgIpc) is 2.87. The molecule has 0 bridgehead atoms. The Balaban J connectivity index is 1.84. The number of aryl methyl sites for hydroxylation is 1. The molecule has 1 saturated heterocycles. The van der Waals surface area contributed by atoms with Crippen LogP contribution in [0, 0.1) is 5.92 Å². The van der Waals surface area contributed by atoms with Crippen molar-refractivity contribution in [3.05, 3.63) is 36.0 Å². The first-order valence-electron chi connectivity index (χ1n) is 7.14. The molecule has 1 fully saturated rings. The summed E-state index contributed by atoms with van der Waals surface area (Å²) in [6.07, 6.45) is 3.99. The summed E-state index contributed by atoms with van der Waals surface area (Å²) in [4.78, 5) is 14.4. The lowest BCUT2D eigenvalue weighted by molar-refractivity contribution is 0.0621. The predicted octanol–water partition coefficient (Wildman–Crippen LogP) is 2.02. The number of likely N-dealkylation sites (tertiary alicyclic amines) is 1. The van der Waals surface area contributed by atoms with E-state index in [9.17, 15) is 9.90 Å². The van der Waals surface area contributed by atoms with Gasteiger partial charge in [0.15, 0.2) is 0 Å². The first-order chi connectivity index (χ1) is 9.69. The molecule has 1 unspecified atom stereocenters. The highest BCUT2D eigenvalue weighted by molar-refractivity contribution is 5.98. The summed E-state index contributed by atoms with van der Waals surface area (Å²) < 4.78 is 2.05. The van der Waals surface area contributed by atoms with E-state index in [-0.39, 0.29) is 18.4 Å². The fraction of sp³-hybridized carbons (Fsp3) is 0.438. The highest BCUT2D eigenvalue weighted by Crippen LogP contribution is 2.21.